The fourth-order valence-electron chi connectivity index (χ4n) is 5.40. The van der Waals surface area contributed by atoms with Crippen molar-refractivity contribution in [2.75, 3.05) is 0 Å². The van der Waals surface area contributed by atoms with Crippen LogP contribution in [0, 0.1) is 5.92 Å². The number of pyridine rings is 1. The molecule has 3 aromatic heterocycles. The van der Waals surface area contributed by atoms with Gasteiger partial charge in [0.1, 0.15) is 0 Å². The van der Waals surface area contributed by atoms with Gasteiger partial charge in [-0.3, -0.25) is 9.69 Å². The smallest absolute Gasteiger partial charge is 0.252 e. The molecule has 0 spiro atoms. The van der Waals surface area contributed by atoms with E-state index in [1.165, 1.54) is 23.3 Å². The number of H-pyrrole nitrogens is 1. The average Bonchev–Trinajstić information content (AvgIpc) is 3.62. The second kappa shape index (κ2) is 10.4. The second-order valence-corrected chi connectivity index (χ2v) is 11.0. The largest absolute Gasteiger partial charge is 0.322 e. The molecule has 0 saturated heterocycles. The summed E-state index contributed by atoms with van der Waals surface area (Å²) >= 11 is 1.74. The van der Waals surface area contributed by atoms with Gasteiger partial charge in [0.2, 0.25) is 0 Å². The molecule has 1 N–H and O–H groups in total. The maximum absolute atomic E-state index is 13.2. The molecule has 35 heavy (non-hydrogen) atoms. The maximum atomic E-state index is 13.2. The lowest BCUT2D eigenvalue weighted by molar-refractivity contribution is 0.124. The molecule has 0 amide bonds. The van der Waals surface area contributed by atoms with Gasteiger partial charge in [-0.25, -0.2) is 4.68 Å². The molecule has 0 aliphatic heterocycles. The highest BCUT2D eigenvalue weighted by Gasteiger charge is 2.32. The summed E-state index contributed by atoms with van der Waals surface area (Å²) in [6.45, 7) is 7.86. The van der Waals surface area contributed by atoms with Crippen LogP contribution in [0.2, 0.25) is 0 Å². The summed E-state index contributed by atoms with van der Waals surface area (Å²) in [6.07, 6.45) is 5.66. The summed E-state index contributed by atoms with van der Waals surface area (Å²) in [5.74, 6) is 1.18. The van der Waals surface area contributed by atoms with Crippen molar-refractivity contribution >= 4 is 22.2 Å². The van der Waals surface area contributed by atoms with Crippen LogP contribution in [-0.2, 0) is 19.5 Å². The van der Waals surface area contributed by atoms with E-state index < -0.39 is 0 Å². The lowest BCUT2D eigenvalue weighted by Gasteiger charge is -2.33. The van der Waals surface area contributed by atoms with Crippen molar-refractivity contribution < 1.29 is 0 Å². The van der Waals surface area contributed by atoms with Gasteiger partial charge in [-0.15, -0.1) is 16.4 Å². The molecule has 1 fully saturated rings. The van der Waals surface area contributed by atoms with E-state index in [4.69, 9.17) is 0 Å². The van der Waals surface area contributed by atoms with Gasteiger partial charge in [0.15, 0.2) is 5.82 Å². The summed E-state index contributed by atoms with van der Waals surface area (Å²) in [5, 5.41) is 16.3. The quantitative estimate of drug-likeness (QED) is 0.328. The number of rotatable bonds is 9. The fourth-order valence-corrected chi connectivity index (χ4v) is 6.13. The third-order valence-corrected chi connectivity index (χ3v) is 8.05. The Bertz CT molecular complexity index is 1320. The Morgan fingerprint density at radius 3 is 2.71 bits per heavy atom. The lowest BCUT2D eigenvalue weighted by atomic mass is 9.99. The SMILES string of the molecule is CCc1ccc2[nH]c(=O)c(CN(Cc3cccs3)[C@H](c3nnnn3C3CCCC3)C(C)C)cc2c1. The molecular formula is C27H34N6OS. The van der Waals surface area contributed by atoms with Crippen molar-refractivity contribution in [1.29, 1.82) is 0 Å². The number of tetrazole rings is 1. The minimum atomic E-state index is -0.0316. The van der Waals surface area contributed by atoms with E-state index in [0.29, 0.717) is 12.6 Å². The lowest BCUT2D eigenvalue weighted by Crippen LogP contribution is -2.35. The number of nitrogens with one attached hydrogen (secondary N) is 1. The minimum absolute atomic E-state index is 0.00947. The van der Waals surface area contributed by atoms with Crippen LogP contribution in [0.15, 0.2) is 46.6 Å². The molecule has 0 bridgehead atoms. The highest BCUT2D eigenvalue weighted by atomic mass is 32.1. The Hall–Kier alpha value is -2.84. The molecular weight excluding hydrogens is 456 g/mol. The standard InChI is InChI=1S/C27H34N6OS/c1-4-19-11-12-24-20(14-19)15-21(27(34)28-24)16-32(17-23-10-7-13-35-23)25(18(2)3)26-29-30-31-33(26)22-8-5-6-9-22/h7,10-15,18,22,25H,4-6,8-9,16-17H2,1-3H3,(H,28,34)/t25-/m0/s1. The average molecular weight is 491 g/mol. The van der Waals surface area contributed by atoms with Crippen LogP contribution in [0.5, 0.6) is 0 Å². The van der Waals surface area contributed by atoms with E-state index in [1.54, 1.807) is 11.3 Å². The van der Waals surface area contributed by atoms with Crippen molar-refractivity contribution in [2.45, 2.75) is 78.0 Å². The monoisotopic (exact) mass is 490 g/mol. The van der Waals surface area contributed by atoms with Crippen LogP contribution < -0.4 is 5.56 Å². The van der Waals surface area contributed by atoms with E-state index >= 15 is 0 Å². The maximum Gasteiger partial charge on any atom is 0.252 e. The first-order valence-corrected chi connectivity index (χ1v) is 13.6. The molecule has 1 aliphatic carbocycles. The Kier molecular flexibility index (Phi) is 7.11. The minimum Gasteiger partial charge on any atom is -0.322 e. The molecule has 4 aromatic rings. The molecule has 0 radical (unpaired) electrons. The Morgan fingerprint density at radius 1 is 1.17 bits per heavy atom. The van der Waals surface area contributed by atoms with Crippen molar-refractivity contribution in [3.05, 3.63) is 74.0 Å². The van der Waals surface area contributed by atoms with Crippen molar-refractivity contribution in [3.8, 4) is 0 Å². The molecule has 3 heterocycles. The number of hydrogen-bond acceptors (Lipinski definition) is 6. The summed E-state index contributed by atoms with van der Waals surface area (Å²) in [5.41, 5.74) is 2.89. The normalized spacial score (nSPS) is 15.6. The van der Waals surface area contributed by atoms with E-state index in [2.05, 4.69) is 86.6 Å². The molecule has 1 atom stereocenters. The zero-order chi connectivity index (χ0) is 24.4. The van der Waals surface area contributed by atoms with Gasteiger partial charge in [-0.05, 0) is 76.2 Å². The number of benzene rings is 1. The number of thiophene rings is 1. The number of hydrogen-bond donors (Lipinski definition) is 1. The predicted octanol–water partition coefficient (Wildman–Crippen LogP) is 5.65. The first kappa shape index (κ1) is 23.9. The van der Waals surface area contributed by atoms with Gasteiger partial charge < -0.3 is 4.98 Å². The summed E-state index contributed by atoms with van der Waals surface area (Å²) in [4.78, 5) is 19.9. The van der Waals surface area contributed by atoms with Gasteiger partial charge in [0.25, 0.3) is 5.56 Å². The Labute approximate surface area is 210 Å². The highest BCUT2D eigenvalue weighted by Crippen LogP contribution is 2.35. The van der Waals surface area contributed by atoms with Crippen molar-refractivity contribution in [3.63, 3.8) is 0 Å². The third kappa shape index (κ3) is 5.09. The molecule has 1 aliphatic rings. The predicted molar refractivity (Wildman–Crippen MR) is 140 cm³/mol. The molecule has 1 saturated carbocycles. The van der Waals surface area contributed by atoms with E-state index in [0.717, 1.165) is 48.1 Å². The molecule has 8 heteroatoms. The Balaban J connectivity index is 1.55. The molecule has 1 aromatic carbocycles. The number of nitrogens with zero attached hydrogens (tertiary/aromatic N) is 5. The number of aromatic nitrogens is 5. The molecule has 184 valence electrons. The number of fused-ring (bicyclic) bond motifs is 1. The third-order valence-electron chi connectivity index (χ3n) is 7.18. The molecule has 7 nitrogen and oxygen atoms in total. The number of aryl methyl sites for hydroxylation is 1. The van der Waals surface area contributed by atoms with Crippen LogP contribution >= 0.6 is 11.3 Å². The van der Waals surface area contributed by atoms with E-state index in [-0.39, 0.29) is 17.5 Å². The fraction of sp³-hybridized carbons (Fsp3) is 0.481. The first-order chi connectivity index (χ1) is 17.0. The first-order valence-electron chi connectivity index (χ1n) is 12.7. The molecule has 0 unspecified atom stereocenters. The van der Waals surface area contributed by atoms with Crippen molar-refractivity contribution in [2.24, 2.45) is 5.92 Å². The van der Waals surface area contributed by atoms with Crippen LogP contribution in [0.4, 0.5) is 0 Å². The summed E-state index contributed by atoms with van der Waals surface area (Å²) < 4.78 is 2.07. The number of aromatic amines is 1. The van der Waals surface area contributed by atoms with Crippen LogP contribution in [0.25, 0.3) is 10.9 Å². The van der Waals surface area contributed by atoms with Gasteiger partial charge in [-0.1, -0.05) is 45.7 Å². The highest BCUT2D eigenvalue weighted by molar-refractivity contribution is 7.09. The van der Waals surface area contributed by atoms with Crippen LogP contribution in [0.3, 0.4) is 0 Å². The van der Waals surface area contributed by atoms with Gasteiger partial charge >= 0.3 is 0 Å². The topological polar surface area (TPSA) is 79.7 Å². The van der Waals surface area contributed by atoms with Gasteiger partial charge in [0, 0.05) is 29.0 Å². The summed E-state index contributed by atoms with van der Waals surface area (Å²) in [7, 11) is 0. The van der Waals surface area contributed by atoms with Crippen LogP contribution in [0.1, 0.15) is 80.4 Å². The zero-order valence-corrected chi connectivity index (χ0v) is 21.6. The van der Waals surface area contributed by atoms with Gasteiger partial charge in [-0.2, -0.15) is 0 Å². The zero-order valence-electron chi connectivity index (χ0n) is 20.8. The summed E-state index contributed by atoms with van der Waals surface area (Å²) in [6, 6.07) is 12.9. The second-order valence-electron chi connectivity index (χ2n) is 9.99. The van der Waals surface area contributed by atoms with Crippen molar-refractivity contribution in [1.82, 2.24) is 30.1 Å². The van der Waals surface area contributed by atoms with Gasteiger partial charge in [0.05, 0.1) is 12.1 Å². The molecule has 5 rings (SSSR count). The van der Waals surface area contributed by atoms with Crippen LogP contribution in [-0.4, -0.2) is 30.1 Å². The Morgan fingerprint density at radius 2 is 2.00 bits per heavy atom. The van der Waals surface area contributed by atoms with E-state index in [9.17, 15) is 4.79 Å². The van der Waals surface area contributed by atoms with E-state index in [1.807, 2.05) is 6.07 Å².